The molecule has 2 amide bonds. The van der Waals surface area contributed by atoms with Gasteiger partial charge in [0.25, 0.3) is 0 Å². The number of amides is 2. The summed E-state index contributed by atoms with van der Waals surface area (Å²) >= 11 is 5.72. The molecule has 0 spiro atoms. The van der Waals surface area contributed by atoms with E-state index in [-0.39, 0.29) is 23.3 Å². The topological polar surface area (TPSA) is 62.3 Å². The van der Waals surface area contributed by atoms with Crippen molar-refractivity contribution in [1.29, 1.82) is 0 Å². The SMILES string of the molecule is CN1C(=O)CC(C(=O)Nc2ccncc2)C1c1ccc(Cl)c(F)c1. The molecule has 1 fully saturated rings. The fraction of sp³-hybridized carbons (Fsp3) is 0.235. The second-order valence-corrected chi connectivity index (χ2v) is 6.07. The molecule has 1 saturated heterocycles. The lowest BCUT2D eigenvalue weighted by molar-refractivity contribution is -0.128. The van der Waals surface area contributed by atoms with Gasteiger partial charge in [0, 0.05) is 31.5 Å². The molecule has 0 bridgehead atoms. The van der Waals surface area contributed by atoms with Gasteiger partial charge in [-0.25, -0.2) is 4.39 Å². The number of hydrogen-bond donors (Lipinski definition) is 1. The molecule has 2 atom stereocenters. The van der Waals surface area contributed by atoms with Crippen LogP contribution in [-0.2, 0) is 9.59 Å². The van der Waals surface area contributed by atoms with Crippen molar-refractivity contribution in [2.75, 3.05) is 12.4 Å². The van der Waals surface area contributed by atoms with Gasteiger partial charge in [-0.05, 0) is 29.8 Å². The van der Waals surface area contributed by atoms with Crippen LogP contribution in [0.5, 0.6) is 0 Å². The highest BCUT2D eigenvalue weighted by Gasteiger charge is 2.42. The summed E-state index contributed by atoms with van der Waals surface area (Å²) in [5, 5.41) is 2.78. The Bertz CT molecular complexity index is 785. The molecule has 24 heavy (non-hydrogen) atoms. The lowest BCUT2D eigenvalue weighted by Gasteiger charge is -2.25. The summed E-state index contributed by atoms with van der Waals surface area (Å²) in [4.78, 5) is 30.1. The standard InChI is InChI=1S/C17H15ClFN3O2/c1-22-15(23)9-12(17(24)21-11-4-6-20-7-5-11)16(22)10-2-3-13(18)14(19)8-10/h2-8,12,16H,9H2,1H3,(H,20,21,24). The van der Waals surface area contributed by atoms with E-state index in [1.54, 1.807) is 37.6 Å². The minimum absolute atomic E-state index is 0.00325. The highest BCUT2D eigenvalue weighted by Crippen LogP contribution is 2.38. The van der Waals surface area contributed by atoms with Gasteiger partial charge >= 0.3 is 0 Å². The average molecular weight is 348 g/mol. The summed E-state index contributed by atoms with van der Waals surface area (Å²) in [7, 11) is 1.61. The molecule has 5 nitrogen and oxygen atoms in total. The van der Waals surface area contributed by atoms with E-state index in [4.69, 9.17) is 11.6 Å². The molecule has 2 unspecified atom stereocenters. The van der Waals surface area contributed by atoms with Crippen LogP contribution in [0.2, 0.25) is 5.02 Å². The first-order valence-electron chi connectivity index (χ1n) is 7.39. The van der Waals surface area contributed by atoms with Crippen LogP contribution < -0.4 is 5.32 Å². The van der Waals surface area contributed by atoms with Gasteiger partial charge in [0.1, 0.15) is 5.82 Å². The van der Waals surface area contributed by atoms with Crippen molar-refractivity contribution >= 4 is 29.1 Å². The molecule has 1 aromatic heterocycles. The lowest BCUT2D eigenvalue weighted by atomic mass is 9.92. The number of nitrogens with one attached hydrogen (secondary N) is 1. The molecule has 0 aliphatic carbocycles. The highest BCUT2D eigenvalue weighted by molar-refractivity contribution is 6.30. The van der Waals surface area contributed by atoms with E-state index in [9.17, 15) is 14.0 Å². The third-order valence-electron chi connectivity index (χ3n) is 4.16. The second-order valence-electron chi connectivity index (χ2n) is 5.66. The Hall–Kier alpha value is -2.47. The molecule has 1 N–H and O–H groups in total. The molecule has 1 aromatic carbocycles. The number of aromatic nitrogens is 1. The molecule has 7 heteroatoms. The van der Waals surface area contributed by atoms with E-state index in [1.807, 2.05) is 0 Å². The molecule has 124 valence electrons. The Morgan fingerprint density at radius 1 is 1.33 bits per heavy atom. The number of likely N-dealkylation sites (tertiary alicyclic amines) is 1. The van der Waals surface area contributed by atoms with Gasteiger partial charge in [0.15, 0.2) is 0 Å². The van der Waals surface area contributed by atoms with Gasteiger partial charge in [-0.1, -0.05) is 17.7 Å². The van der Waals surface area contributed by atoms with Crippen LogP contribution in [0.15, 0.2) is 42.7 Å². The molecule has 1 aliphatic heterocycles. The van der Waals surface area contributed by atoms with Gasteiger partial charge in [0.2, 0.25) is 11.8 Å². The van der Waals surface area contributed by atoms with Crippen LogP contribution in [0.3, 0.4) is 0 Å². The molecule has 1 aliphatic rings. The summed E-state index contributed by atoms with van der Waals surface area (Å²) in [5.74, 6) is -1.64. The number of carbonyl (C=O) groups is 2. The van der Waals surface area contributed by atoms with Gasteiger partial charge < -0.3 is 10.2 Å². The maximum absolute atomic E-state index is 13.8. The first-order chi connectivity index (χ1) is 11.5. The maximum atomic E-state index is 13.8. The molecule has 0 radical (unpaired) electrons. The molecular weight excluding hydrogens is 333 g/mol. The fourth-order valence-electron chi connectivity index (χ4n) is 2.93. The number of rotatable bonds is 3. The zero-order valence-electron chi connectivity index (χ0n) is 12.9. The third kappa shape index (κ3) is 3.10. The molecular formula is C17H15ClFN3O2. The summed E-state index contributed by atoms with van der Waals surface area (Å²) in [6.07, 6.45) is 3.20. The number of halogens is 2. The monoisotopic (exact) mass is 347 g/mol. The fourth-order valence-corrected chi connectivity index (χ4v) is 3.04. The predicted molar refractivity (Wildman–Crippen MR) is 87.9 cm³/mol. The van der Waals surface area contributed by atoms with E-state index < -0.39 is 17.8 Å². The number of hydrogen-bond acceptors (Lipinski definition) is 3. The summed E-state index contributed by atoms with van der Waals surface area (Å²) in [6, 6.07) is 7.13. The normalized spacial score (nSPS) is 20.3. The Morgan fingerprint density at radius 2 is 2.04 bits per heavy atom. The number of nitrogens with zero attached hydrogens (tertiary/aromatic N) is 2. The lowest BCUT2D eigenvalue weighted by Crippen LogP contribution is -2.30. The van der Waals surface area contributed by atoms with E-state index in [1.165, 1.54) is 17.0 Å². The second kappa shape index (κ2) is 6.57. The van der Waals surface area contributed by atoms with Crippen molar-refractivity contribution in [3.63, 3.8) is 0 Å². The van der Waals surface area contributed by atoms with E-state index in [0.29, 0.717) is 11.3 Å². The highest BCUT2D eigenvalue weighted by atomic mass is 35.5. The Labute approximate surface area is 143 Å². The first-order valence-corrected chi connectivity index (χ1v) is 7.76. The predicted octanol–water partition coefficient (Wildman–Crippen LogP) is 3.03. The van der Waals surface area contributed by atoms with Crippen molar-refractivity contribution in [3.05, 3.63) is 59.1 Å². The van der Waals surface area contributed by atoms with Gasteiger partial charge in [-0.15, -0.1) is 0 Å². The van der Waals surface area contributed by atoms with Crippen LogP contribution in [0, 0.1) is 11.7 Å². The van der Waals surface area contributed by atoms with Crippen LogP contribution in [0.1, 0.15) is 18.0 Å². The zero-order valence-corrected chi connectivity index (χ0v) is 13.6. The first kappa shape index (κ1) is 16.4. The summed E-state index contributed by atoms with van der Waals surface area (Å²) in [6.45, 7) is 0. The number of pyridine rings is 1. The Balaban J connectivity index is 1.88. The van der Waals surface area contributed by atoms with Crippen molar-refractivity contribution in [2.45, 2.75) is 12.5 Å². The average Bonchev–Trinajstić information content (AvgIpc) is 2.87. The number of carbonyl (C=O) groups excluding carboxylic acids is 2. The molecule has 2 aromatic rings. The Morgan fingerprint density at radius 3 is 2.71 bits per heavy atom. The minimum Gasteiger partial charge on any atom is -0.338 e. The third-order valence-corrected chi connectivity index (χ3v) is 4.46. The molecule has 2 heterocycles. The van der Waals surface area contributed by atoms with Crippen molar-refractivity contribution in [1.82, 2.24) is 9.88 Å². The van der Waals surface area contributed by atoms with Crippen LogP contribution in [0.4, 0.5) is 10.1 Å². The van der Waals surface area contributed by atoms with Gasteiger partial charge in [-0.3, -0.25) is 14.6 Å². The van der Waals surface area contributed by atoms with Crippen LogP contribution in [-0.4, -0.2) is 28.7 Å². The molecule has 0 saturated carbocycles. The van der Waals surface area contributed by atoms with Crippen molar-refractivity contribution in [2.24, 2.45) is 5.92 Å². The maximum Gasteiger partial charge on any atom is 0.230 e. The van der Waals surface area contributed by atoms with Crippen molar-refractivity contribution in [3.8, 4) is 0 Å². The summed E-state index contributed by atoms with van der Waals surface area (Å²) in [5.41, 5.74) is 1.14. The van der Waals surface area contributed by atoms with E-state index >= 15 is 0 Å². The quantitative estimate of drug-likeness (QED) is 0.928. The van der Waals surface area contributed by atoms with E-state index in [2.05, 4.69) is 10.3 Å². The molecule has 3 rings (SSSR count). The van der Waals surface area contributed by atoms with Crippen LogP contribution in [0.25, 0.3) is 0 Å². The van der Waals surface area contributed by atoms with Gasteiger partial charge in [0.05, 0.1) is 17.0 Å². The number of anilines is 1. The largest absolute Gasteiger partial charge is 0.338 e. The smallest absolute Gasteiger partial charge is 0.230 e. The zero-order chi connectivity index (χ0) is 17.3. The van der Waals surface area contributed by atoms with Crippen LogP contribution >= 0.6 is 11.6 Å². The Kier molecular flexibility index (Phi) is 4.49. The van der Waals surface area contributed by atoms with E-state index in [0.717, 1.165) is 0 Å². The van der Waals surface area contributed by atoms with Gasteiger partial charge in [-0.2, -0.15) is 0 Å². The van der Waals surface area contributed by atoms with Crippen molar-refractivity contribution < 1.29 is 14.0 Å². The minimum atomic E-state index is -0.615. The number of benzene rings is 1. The summed E-state index contributed by atoms with van der Waals surface area (Å²) < 4.78 is 13.8.